The van der Waals surface area contributed by atoms with Gasteiger partial charge in [-0.05, 0) is 60.9 Å². The summed E-state index contributed by atoms with van der Waals surface area (Å²) in [5.74, 6) is -0.264. The van der Waals surface area contributed by atoms with E-state index in [1.165, 1.54) is 0 Å². The van der Waals surface area contributed by atoms with Gasteiger partial charge in [0, 0.05) is 30.5 Å². The van der Waals surface area contributed by atoms with Crippen LogP contribution in [0.2, 0.25) is 0 Å². The van der Waals surface area contributed by atoms with Gasteiger partial charge in [-0.3, -0.25) is 9.59 Å². The van der Waals surface area contributed by atoms with Gasteiger partial charge >= 0.3 is 0 Å². The van der Waals surface area contributed by atoms with E-state index in [1.54, 1.807) is 36.2 Å². The van der Waals surface area contributed by atoms with Crippen LogP contribution < -0.4 is 10.6 Å². The van der Waals surface area contributed by atoms with Crippen LogP contribution in [-0.4, -0.2) is 30.3 Å². The number of hydrogen-bond donors (Lipinski definition) is 2. The highest BCUT2D eigenvalue weighted by Crippen LogP contribution is 2.15. The van der Waals surface area contributed by atoms with Gasteiger partial charge in [0.1, 0.15) is 0 Å². The molecule has 0 bridgehead atoms. The molecule has 5 nitrogen and oxygen atoms in total. The maximum atomic E-state index is 12.8. The Bertz CT molecular complexity index is 1010. The zero-order chi connectivity index (χ0) is 21.5. The van der Waals surface area contributed by atoms with Gasteiger partial charge in [-0.15, -0.1) is 0 Å². The molecule has 0 spiro atoms. The summed E-state index contributed by atoms with van der Waals surface area (Å²) >= 11 is 0. The number of aryl methyl sites for hydroxylation is 2. The SMILES string of the molecule is Cc1cc(C)cc(NCC(=O)Nc2cccc(C(=O)N(C)Cc3ccccc3)c2)c1. The van der Waals surface area contributed by atoms with E-state index >= 15 is 0 Å². The van der Waals surface area contributed by atoms with E-state index in [2.05, 4.69) is 16.7 Å². The Hall–Kier alpha value is -3.60. The molecule has 5 heteroatoms. The van der Waals surface area contributed by atoms with Crippen molar-refractivity contribution in [3.63, 3.8) is 0 Å². The lowest BCUT2D eigenvalue weighted by atomic mass is 10.1. The van der Waals surface area contributed by atoms with E-state index in [9.17, 15) is 9.59 Å². The Morgan fingerprint density at radius 1 is 0.833 bits per heavy atom. The Morgan fingerprint density at radius 2 is 1.53 bits per heavy atom. The average molecular weight is 402 g/mol. The predicted molar refractivity (Wildman–Crippen MR) is 122 cm³/mol. The standard InChI is InChI=1S/C25H27N3O2/c1-18-12-19(2)14-23(13-18)26-16-24(29)27-22-11-7-10-21(15-22)25(30)28(3)17-20-8-5-4-6-9-20/h4-15,26H,16-17H2,1-3H3,(H,27,29). The summed E-state index contributed by atoms with van der Waals surface area (Å²) in [6.07, 6.45) is 0. The second kappa shape index (κ2) is 9.74. The Balaban J connectivity index is 1.59. The molecule has 30 heavy (non-hydrogen) atoms. The summed E-state index contributed by atoms with van der Waals surface area (Å²) in [7, 11) is 1.77. The number of rotatable bonds is 7. The second-order valence-corrected chi connectivity index (χ2v) is 7.51. The van der Waals surface area contributed by atoms with Crippen molar-refractivity contribution in [2.75, 3.05) is 24.2 Å². The third kappa shape index (κ3) is 5.95. The molecular formula is C25H27N3O2. The van der Waals surface area contributed by atoms with Crippen molar-refractivity contribution in [2.24, 2.45) is 0 Å². The van der Waals surface area contributed by atoms with Crippen molar-refractivity contribution >= 4 is 23.2 Å². The number of nitrogens with one attached hydrogen (secondary N) is 2. The highest BCUT2D eigenvalue weighted by Gasteiger charge is 2.13. The van der Waals surface area contributed by atoms with Crippen LogP contribution in [0, 0.1) is 13.8 Å². The third-order valence-corrected chi connectivity index (χ3v) is 4.68. The summed E-state index contributed by atoms with van der Waals surface area (Å²) in [6, 6.07) is 22.9. The Kier molecular flexibility index (Phi) is 6.86. The van der Waals surface area contributed by atoms with Crippen LogP contribution in [0.25, 0.3) is 0 Å². The van der Waals surface area contributed by atoms with E-state index in [-0.39, 0.29) is 18.4 Å². The van der Waals surface area contributed by atoms with Gasteiger partial charge in [0.05, 0.1) is 6.54 Å². The highest BCUT2D eigenvalue weighted by atomic mass is 16.2. The minimum atomic E-state index is -0.170. The molecule has 0 saturated carbocycles. The van der Waals surface area contributed by atoms with Crippen LogP contribution in [0.5, 0.6) is 0 Å². The Morgan fingerprint density at radius 3 is 2.23 bits per heavy atom. The summed E-state index contributed by atoms with van der Waals surface area (Å²) in [6.45, 7) is 4.72. The van der Waals surface area contributed by atoms with Gasteiger partial charge in [0.25, 0.3) is 5.91 Å². The molecule has 0 atom stereocenters. The number of amides is 2. The Labute approximate surface area is 177 Å². The van der Waals surface area contributed by atoms with Crippen LogP contribution in [0.1, 0.15) is 27.0 Å². The molecule has 2 N–H and O–H groups in total. The second-order valence-electron chi connectivity index (χ2n) is 7.51. The lowest BCUT2D eigenvalue weighted by Gasteiger charge is -2.18. The number of carbonyl (C=O) groups is 2. The molecule has 0 aromatic heterocycles. The lowest BCUT2D eigenvalue weighted by Crippen LogP contribution is -2.26. The minimum absolute atomic E-state index is 0.0942. The smallest absolute Gasteiger partial charge is 0.253 e. The maximum Gasteiger partial charge on any atom is 0.253 e. The molecule has 3 aromatic rings. The number of hydrogen-bond acceptors (Lipinski definition) is 3. The first-order chi connectivity index (χ1) is 14.4. The van der Waals surface area contributed by atoms with Crippen LogP contribution in [0.15, 0.2) is 72.8 Å². The number of nitrogens with zero attached hydrogens (tertiary/aromatic N) is 1. The van der Waals surface area contributed by atoms with Crippen LogP contribution >= 0.6 is 0 Å². The first kappa shape index (κ1) is 21.1. The summed E-state index contributed by atoms with van der Waals surface area (Å²) in [4.78, 5) is 26.8. The van der Waals surface area contributed by atoms with Crippen LogP contribution in [0.4, 0.5) is 11.4 Å². The molecule has 0 saturated heterocycles. The quantitative estimate of drug-likeness (QED) is 0.607. The normalized spacial score (nSPS) is 10.4. The molecule has 0 aliphatic heterocycles. The van der Waals surface area contributed by atoms with Gasteiger partial charge in [-0.2, -0.15) is 0 Å². The number of carbonyl (C=O) groups excluding carboxylic acids is 2. The molecule has 0 aliphatic rings. The van der Waals surface area contributed by atoms with Crippen molar-refractivity contribution < 1.29 is 9.59 Å². The van der Waals surface area contributed by atoms with E-state index < -0.39 is 0 Å². The lowest BCUT2D eigenvalue weighted by molar-refractivity contribution is -0.114. The first-order valence-electron chi connectivity index (χ1n) is 9.92. The van der Waals surface area contributed by atoms with Gasteiger partial charge < -0.3 is 15.5 Å². The van der Waals surface area contributed by atoms with Gasteiger partial charge in [-0.1, -0.05) is 42.5 Å². The summed E-state index contributed by atoms with van der Waals surface area (Å²) in [5, 5.41) is 6.00. The molecule has 0 unspecified atom stereocenters. The molecule has 154 valence electrons. The molecular weight excluding hydrogens is 374 g/mol. The van der Waals surface area contributed by atoms with E-state index in [0.717, 1.165) is 22.4 Å². The predicted octanol–water partition coefficient (Wildman–Crippen LogP) is 4.63. The largest absolute Gasteiger partial charge is 0.376 e. The van der Waals surface area contributed by atoms with Crippen molar-refractivity contribution in [1.82, 2.24) is 4.90 Å². The third-order valence-electron chi connectivity index (χ3n) is 4.68. The summed E-state index contributed by atoms with van der Waals surface area (Å²) in [5.41, 5.74) is 5.39. The van der Waals surface area contributed by atoms with Crippen LogP contribution in [-0.2, 0) is 11.3 Å². The zero-order valence-electron chi connectivity index (χ0n) is 17.6. The van der Waals surface area contributed by atoms with E-state index in [0.29, 0.717) is 17.8 Å². The van der Waals surface area contributed by atoms with Gasteiger partial charge in [-0.25, -0.2) is 0 Å². The molecule has 0 heterocycles. The number of benzene rings is 3. The molecule has 0 radical (unpaired) electrons. The van der Waals surface area contributed by atoms with Gasteiger partial charge in [0.2, 0.25) is 5.91 Å². The molecule has 2 amide bonds. The molecule has 0 aliphatic carbocycles. The van der Waals surface area contributed by atoms with Gasteiger partial charge in [0.15, 0.2) is 0 Å². The van der Waals surface area contributed by atoms with Crippen molar-refractivity contribution in [2.45, 2.75) is 20.4 Å². The minimum Gasteiger partial charge on any atom is -0.376 e. The fraction of sp³-hybridized carbons (Fsp3) is 0.200. The van der Waals surface area contributed by atoms with Crippen molar-refractivity contribution in [1.29, 1.82) is 0 Å². The zero-order valence-corrected chi connectivity index (χ0v) is 17.6. The van der Waals surface area contributed by atoms with E-state index in [1.807, 2.05) is 56.3 Å². The fourth-order valence-corrected chi connectivity index (χ4v) is 3.34. The van der Waals surface area contributed by atoms with Crippen molar-refractivity contribution in [3.05, 3.63) is 95.1 Å². The van der Waals surface area contributed by atoms with Crippen molar-refractivity contribution in [3.8, 4) is 0 Å². The molecule has 0 fully saturated rings. The fourth-order valence-electron chi connectivity index (χ4n) is 3.34. The van der Waals surface area contributed by atoms with Crippen LogP contribution in [0.3, 0.4) is 0 Å². The van der Waals surface area contributed by atoms with E-state index in [4.69, 9.17) is 0 Å². The molecule has 3 rings (SSSR count). The average Bonchev–Trinajstić information content (AvgIpc) is 2.72. The first-order valence-corrected chi connectivity index (χ1v) is 9.92. The maximum absolute atomic E-state index is 12.8. The molecule has 3 aromatic carbocycles. The number of anilines is 2. The monoisotopic (exact) mass is 401 g/mol. The highest BCUT2D eigenvalue weighted by molar-refractivity contribution is 5.98. The topological polar surface area (TPSA) is 61.4 Å². The summed E-state index contributed by atoms with van der Waals surface area (Å²) < 4.78 is 0.